The highest BCUT2D eigenvalue weighted by Crippen LogP contribution is 2.40. The van der Waals surface area contributed by atoms with Crippen molar-refractivity contribution < 1.29 is 13.2 Å². The summed E-state index contributed by atoms with van der Waals surface area (Å²) in [5.41, 5.74) is 3.40. The van der Waals surface area contributed by atoms with Crippen LogP contribution in [0.3, 0.4) is 0 Å². The Balaban J connectivity index is 1.83. The quantitative estimate of drug-likeness (QED) is 0.417. The van der Waals surface area contributed by atoms with Gasteiger partial charge in [0.1, 0.15) is 5.69 Å². The minimum absolute atomic E-state index is 0.0933. The summed E-state index contributed by atoms with van der Waals surface area (Å²) in [5.74, 6) is 0. The molecule has 1 aliphatic carbocycles. The minimum Gasteiger partial charge on any atom is -0.237 e. The first-order valence-electron chi connectivity index (χ1n) is 7.08. The lowest BCUT2D eigenvalue weighted by Crippen LogP contribution is -2.07. The Morgan fingerprint density at radius 2 is 1.67 bits per heavy atom. The first-order chi connectivity index (χ1) is 11.3. The molecule has 0 bridgehead atoms. The second-order valence-electron chi connectivity index (χ2n) is 5.55. The predicted molar refractivity (Wildman–Crippen MR) is 86.8 cm³/mol. The Morgan fingerprint density at radius 1 is 1.00 bits per heavy atom. The molecule has 0 saturated heterocycles. The largest absolute Gasteiger partial charge is 0.416 e. The van der Waals surface area contributed by atoms with Crippen LogP contribution >= 0.6 is 23.2 Å². The highest BCUT2D eigenvalue weighted by molar-refractivity contribution is 6.37. The SMILES string of the molecule is FC(F)(F)c1cc(Cl)c(-n2cc3c(n2)Cc2ccccc2-3)c(Cl)c1. The Morgan fingerprint density at radius 3 is 2.33 bits per heavy atom. The van der Waals surface area contributed by atoms with E-state index >= 15 is 0 Å². The van der Waals surface area contributed by atoms with Crippen LogP contribution in [0.15, 0.2) is 42.6 Å². The van der Waals surface area contributed by atoms with Crippen LogP contribution in [0.25, 0.3) is 16.8 Å². The van der Waals surface area contributed by atoms with Crippen LogP contribution in [0.1, 0.15) is 16.8 Å². The fourth-order valence-corrected chi connectivity index (χ4v) is 3.61. The van der Waals surface area contributed by atoms with Gasteiger partial charge in [-0.2, -0.15) is 18.3 Å². The zero-order chi connectivity index (χ0) is 17.1. The van der Waals surface area contributed by atoms with Gasteiger partial charge >= 0.3 is 6.18 Å². The molecule has 0 N–H and O–H groups in total. The van der Waals surface area contributed by atoms with Crippen LogP contribution in [-0.2, 0) is 12.6 Å². The number of aromatic nitrogens is 2. The molecule has 0 amide bonds. The van der Waals surface area contributed by atoms with Crippen LogP contribution in [0, 0.1) is 0 Å². The van der Waals surface area contributed by atoms with Crippen molar-refractivity contribution in [2.24, 2.45) is 0 Å². The maximum Gasteiger partial charge on any atom is 0.416 e. The molecule has 0 atom stereocenters. The van der Waals surface area contributed by atoms with E-state index in [4.69, 9.17) is 23.2 Å². The maximum absolute atomic E-state index is 12.8. The number of hydrogen-bond acceptors (Lipinski definition) is 1. The predicted octanol–water partition coefficient (Wildman–Crippen LogP) is 5.77. The van der Waals surface area contributed by atoms with E-state index < -0.39 is 11.7 Å². The first-order valence-corrected chi connectivity index (χ1v) is 7.83. The third-order valence-corrected chi connectivity index (χ3v) is 4.61. The first kappa shape index (κ1) is 15.5. The van der Waals surface area contributed by atoms with Crippen LogP contribution < -0.4 is 0 Å². The molecule has 2 aromatic carbocycles. The summed E-state index contributed by atoms with van der Waals surface area (Å²) in [6.07, 6.45) is -2.08. The van der Waals surface area contributed by atoms with Gasteiger partial charge in [0.15, 0.2) is 0 Å². The third-order valence-electron chi connectivity index (χ3n) is 4.03. The normalized spacial score (nSPS) is 13.0. The van der Waals surface area contributed by atoms with Crippen LogP contribution in [0.5, 0.6) is 0 Å². The Hall–Kier alpha value is -1.98. The number of rotatable bonds is 1. The number of alkyl halides is 3. The minimum atomic E-state index is -4.50. The fourth-order valence-electron chi connectivity index (χ4n) is 2.95. The summed E-state index contributed by atoms with van der Waals surface area (Å²) >= 11 is 12.1. The molecule has 3 aromatic rings. The lowest BCUT2D eigenvalue weighted by Gasteiger charge is -2.12. The molecule has 24 heavy (non-hydrogen) atoms. The summed E-state index contributed by atoms with van der Waals surface area (Å²) in [4.78, 5) is 0. The standard InChI is InChI=1S/C17H9Cl2F3N2/c18-13-6-10(17(20,21)22)7-14(19)16(13)24-8-12-11-4-2-1-3-9(11)5-15(12)23-24/h1-4,6-8H,5H2. The van der Waals surface area contributed by atoms with Crippen molar-refractivity contribution in [2.75, 3.05) is 0 Å². The van der Waals surface area contributed by atoms with Gasteiger partial charge < -0.3 is 0 Å². The van der Waals surface area contributed by atoms with Gasteiger partial charge in [-0.1, -0.05) is 47.5 Å². The molecule has 2 nitrogen and oxygen atoms in total. The lowest BCUT2D eigenvalue weighted by atomic mass is 10.1. The summed E-state index contributed by atoms with van der Waals surface area (Å²) in [6, 6.07) is 9.64. The summed E-state index contributed by atoms with van der Waals surface area (Å²) in [7, 11) is 0. The van der Waals surface area contributed by atoms with Gasteiger partial charge in [-0.3, -0.25) is 0 Å². The molecule has 0 spiro atoms. The van der Waals surface area contributed by atoms with Crippen molar-refractivity contribution in [2.45, 2.75) is 12.6 Å². The van der Waals surface area contributed by atoms with E-state index in [0.29, 0.717) is 6.42 Å². The zero-order valence-electron chi connectivity index (χ0n) is 12.0. The molecule has 1 heterocycles. The smallest absolute Gasteiger partial charge is 0.237 e. The topological polar surface area (TPSA) is 17.8 Å². The molecule has 0 fully saturated rings. The second kappa shape index (κ2) is 5.26. The molecule has 4 rings (SSSR count). The molecule has 1 aliphatic rings. The van der Waals surface area contributed by atoms with Gasteiger partial charge in [0.25, 0.3) is 0 Å². The molecule has 7 heteroatoms. The second-order valence-corrected chi connectivity index (χ2v) is 6.37. The van der Waals surface area contributed by atoms with Crippen LogP contribution in [0.4, 0.5) is 13.2 Å². The summed E-state index contributed by atoms with van der Waals surface area (Å²) in [6.45, 7) is 0. The Bertz CT molecular complexity index is 938. The van der Waals surface area contributed by atoms with E-state index in [1.807, 2.05) is 24.3 Å². The van der Waals surface area contributed by atoms with Gasteiger partial charge in [-0.15, -0.1) is 0 Å². The van der Waals surface area contributed by atoms with Gasteiger partial charge in [0.05, 0.1) is 21.3 Å². The summed E-state index contributed by atoms with van der Waals surface area (Å²) < 4.78 is 40.0. The van der Waals surface area contributed by atoms with Crippen molar-refractivity contribution in [3.8, 4) is 16.8 Å². The highest BCUT2D eigenvalue weighted by atomic mass is 35.5. The van der Waals surface area contributed by atoms with E-state index in [2.05, 4.69) is 5.10 Å². The Kier molecular flexibility index (Phi) is 3.41. The molecule has 1 aromatic heterocycles. The lowest BCUT2D eigenvalue weighted by molar-refractivity contribution is -0.137. The fraction of sp³-hybridized carbons (Fsp3) is 0.118. The number of halogens is 5. The van der Waals surface area contributed by atoms with E-state index in [1.54, 1.807) is 6.20 Å². The van der Waals surface area contributed by atoms with Crippen molar-refractivity contribution >= 4 is 23.2 Å². The van der Waals surface area contributed by atoms with E-state index in [0.717, 1.165) is 29.0 Å². The average Bonchev–Trinajstić information content (AvgIpc) is 3.03. The van der Waals surface area contributed by atoms with Gasteiger partial charge in [0, 0.05) is 18.2 Å². The monoisotopic (exact) mass is 368 g/mol. The molecule has 0 aliphatic heterocycles. The van der Waals surface area contributed by atoms with Gasteiger partial charge in [0.2, 0.25) is 0 Å². The van der Waals surface area contributed by atoms with E-state index in [9.17, 15) is 13.2 Å². The number of benzene rings is 2. The number of nitrogens with zero attached hydrogens (tertiary/aromatic N) is 2. The molecule has 122 valence electrons. The molecular weight excluding hydrogens is 360 g/mol. The summed E-state index contributed by atoms with van der Waals surface area (Å²) in [5, 5.41) is 4.27. The third kappa shape index (κ3) is 2.39. The zero-order valence-corrected chi connectivity index (χ0v) is 13.5. The molecule has 0 radical (unpaired) electrons. The van der Waals surface area contributed by atoms with Crippen LogP contribution in [0.2, 0.25) is 10.0 Å². The maximum atomic E-state index is 12.8. The van der Waals surface area contributed by atoms with Crippen molar-refractivity contribution in [3.05, 3.63) is 69.5 Å². The van der Waals surface area contributed by atoms with E-state index in [1.165, 1.54) is 10.2 Å². The van der Waals surface area contributed by atoms with Crippen LogP contribution in [-0.4, -0.2) is 9.78 Å². The van der Waals surface area contributed by atoms with Crippen molar-refractivity contribution in [1.29, 1.82) is 0 Å². The van der Waals surface area contributed by atoms with Crippen molar-refractivity contribution in [3.63, 3.8) is 0 Å². The number of hydrogen-bond donors (Lipinski definition) is 0. The Labute approximate surface area is 145 Å². The number of fused-ring (bicyclic) bond motifs is 3. The molecular formula is C17H9Cl2F3N2. The molecule has 0 saturated carbocycles. The van der Waals surface area contributed by atoms with E-state index in [-0.39, 0.29) is 15.7 Å². The van der Waals surface area contributed by atoms with Crippen molar-refractivity contribution in [1.82, 2.24) is 9.78 Å². The molecule has 0 unspecified atom stereocenters. The van der Waals surface area contributed by atoms with Gasteiger partial charge in [-0.25, -0.2) is 4.68 Å². The van der Waals surface area contributed by atoms with Gasteiger partial charge in [-0.05, 0) is 23.3 Å². The average molecular weight is 369 g/mol. The highest BCUT2D eigenvalue weighted by Gasteiger charge is 2.32.